The average Bonchev–Trinajstić information content (AvgIpc) is 3.64. The van der Waals surface area contributed by atoms with Crippen LogP contribution in [0, 0.1) is 11.8 Å². The Morgan fingerprint density at radius 1 is 0.965 bits per heavy atom. The summed E-state index contributed by atoms with van der Waals surface area (Å²) in [5, 5.41) is 26.7. The minimum Gasteiger partial charge on any atom is -0.507 e. The van der Waals surface area contributed by atoms with Gasteiger partial charge < -0.3 is 39.2 Å². The van der Waals surface area contributed by atoms with Gasteiger partial charge in [-0.25, -0.2) is 4.79 Å². The van der Waals surface area contributed by atoms with Gasteiger partial charge in [-0.2, -0.15) is 0 Å². The van der Waals surface area contributed by atoms with Crippen LogP contribution in [-0.4, -0.2) is 75.3 Å². The van der Waals surface area contributed by atoms with Crippen molar-refractivity contribution in [2.45, 2.75) is 103 Å². The number of Topliss-reactive ketones (excluding diaryl/α,β-unsaturated/α-hetero) is 1. The van der Waals surface area contributed by atoms with Gasteiger partial charge in [-0.05, 0) is 86.3 Å². The van der Waals surface area contributed by atoms with Crippen molar-refractivity contribution in [2.24, 2.45) is 11.8 Å². The van der Waals surface area contributed by atoms with Crippen LogP contribution in [0.3, 0.4) is 0 Å². The van der Waals surface area contributed by atoms with E-state index in [1.54, 1.807) is 58.9 Å². The number of phenols is 2. The number of ether oxygens (including phenoxy) is 3. The van der Waals surface area contributed by atoms with Crippen molar-refractivity contribution >= 4 is 29.6 Å². The van der Waals surface area contributed by atoms with Crippen LogP contribution >= 0.6 is 0 Å². The largest absolute Gasteiger partial charge is 0.507 e. The zero-order valence-electron chi connectivity index (χ0n) is 32.7. The van der Waals surface area contributed by atoms with Gasteiger partial charge in [0.15, 0.2) is 11.5 Å². The predicted molar refractivity (Wildman–Crippen MR) is 210 cm³/mol. The summed E-state index contributed by atoms with van der Waals surface area (Å²) in [6, 6.07) is 10.8. The number of hydrogen-bond acceptors (Lipinski definition) is 10. The lowest BCUT2D eigenvalue weighted by Crippen LogP contribution is -2.56. The quantitative estimate of drug-likeness (QED) is 0.250. The topological polar surface area (TPSA) is 174 Å². The van der Waals surface area contributed by atoms with Crippen molar-refractivity contribution < 1.29 is 43.6 Å². The fourth-order valence-corrected chi connectivity index (χ4v) is 8.74. The normalized spacial score (nSPS) is 22.4. The van der Waals surface area contributed by atoms with E-state index in [2.05, 4.69) is 5.32 Å². The Morgan fingerprint density at radius 3 is 2.56 bits per heavy atom. The lowest BCUT2D eigenvalue weighted by molar-refractivity contribution is -0.140. The summed E-state index contributed by atoms with van der Waals surface area (Å²) in [6.07, 6.45) is 6.41. The third-order valence-electron chi connectivity index (χ3n) is 11.6. The number of piperidine rings is 1. The van der Waals surface area contributed by atoms with Gasteiger partial charge in [0.25, 0.3) is 5.56 Å². The molecule has 2 amide bonds. The van der Waals surface area contributed by atoms with Crippen LogP contribution in [0.2, 0.25) is 0 Å². The number of likely N-dealkylation sites (tertiary alicyclic amines) is 1. The Bertz CT molecular complexity index is 2140. The molecule has 1 saturated heterocycles. The van der Waals surface area contributed by atoms with E-state index in [0.29, 0.717) is 75.2 Å². The van der Waals surface area contributed by atoms with Gasteiger partial charge in [0.2, 0.25) is 18.6 Å². The highest BCUT2D eigenvalue weighted by atomic mass is 16.7. The molecule has 0 saturated carbocycles. The van der Waals surface area contributed by atoms with Crippen molar-refractivity contribution in [1.29, 1.82) is 0 Å². The maximum atomic E-state index is 14.2. The molecule has 2 bridgehead atoms. The van der Waals surface area contributed by atoms with Crippen molar-refractivity contribution in [3.05, 3.63) is 86.8 Å². The van der Waals surface area contributed by atoms with Gasteiger partial charge >= 0.3 is 5.97 Å². The fraction of sp³-hybridized carbons (Fsp3) is 0.477. The molecule has 0 aliphatic carbocycles. The molecule has 0 spiro atoms. The van der Waals surface area contributed by atoms with Gasteiger partial charge in [-0.1, -0.05) is 38.1 Å². The van der Waals surface area contributed by atoms with Gasteiger partial charge in [-0.15, -0.1) is 0 Å². The molecular weight excluding hydrogens is 730 g/mol. The summed E-state index contributed by atoms with van der Waals surface area (Å²) < 4.78 is 18.8. The van der Waals surface area contributed by atoms with Crippen molar-refractivity contribution in [1.82, 2.24) is 14.8 Å². The highest BCUT2D eigenvalue weighted by Gasteiger charge is 2.40. The number of nitrogens with zero attached hydrogens (tertiary/aromatic N) is 2. The van der Waals surface area contributed by atoms with Gasteiger partial charge in [-0.3, -0.25) is 19.2 Å². The zero-order chi connectivity index (χ0) is 40.4. The highest BCUT2D eigenvalue weighted by molar-refractivity contribution is 5.98. The molecule has 4 aliphatic heterocycles. The van der Waals surface area contributed by atoms with Crippen LogP contribution in [0.4, 0.5) is 0 Å². The molecule has 13 nitrogen and oxygen atoms in total. The van der Waals surface area contributed by atoms with E-state index in [4.69, 9.17) is 14.2 Å². The summed E-state index contributed by atoms with van der Waals surface area (Å²) in [5.74, 6) is -2.53. The number of phenolic OH excluding ortho intramolecular Hbond substituents is 2. The molecule has 1 unspecified atom stereocenters. The molecular formula is C44H51N3O10. The molecule has 57 heavy (non-hydrogen) atoms. The van der Waals surface area contributed by atoms with Crippen LogP contribution in [0.25, 0.3) is 6.08 Å². The molecule has 4 aliphatic rings. The summed E-state index contributed by atoms with van der Waals surface area (Å²) in [7, 11) is 0. The van der Waals surface area contributed by atoms with E-state index in [9.17, 15) is 34.2 Å². The second-order valence-corrected chi connectivity index (χ2v) is 16.2. The molecule has 1 aromatic heterocycles. The Labute approximate surface area is 331 Å². The molecule has 3 aromatic rings. The third-order valence-corrected chi connectivity index (χ3v) is 11.6. The number of esters is 1. The first-order valence-corrected chi connectivity index (χ1v) is 20.0. The number of cyclic esters (lactones) is 1. The van der Waals surface area contributed by atoms with Crippen LogP contribution in [0.1, 0.15) is 117 Å². The molecule has 7 rings (SSSR count). The Hall–Kier alpha value is -5.59. The van der Waals surface area contributed by atoms with Crippen molar-refractivity contribution in [2.75, 3.05) is 19.9 Å². The maximum absolute atomic E-state index is 14.2. The zero-order valence-corrected chi connectivity index (χ0v) is 32.7. The second kappa shape index (κ2) is 16.9. The molecule has 5 atom stereocenters. The van der Waals surface area contributed by atoms with E-state index >= 15 is 0 Å². The maximum Gasteiger partial charge on any atom is 0.342 e. The number of rotatable bonds is 7. The van der Waals surface area contributed by atoms with Crippen LogP contribution < -0.4 is 20.3 Å². The number of aromatic hydroxyl groups is 2. The number of benzene rings is 2. The number of aromatic nitrogens is 1. The van der Waals surface area contributed by atoms with E-state index in [0.717, 1.165) is 12.1 Å². The van der Waals surface area contributed by atoms with Crippen molar-refractivity contribution in [3.8, 4) is 23.0 Å². The first-order chi connectivity index (χ1) is 27.4. The minimum atomic E-state index is -1.01. The average molecular weight is 782 g/mol. The SMILES string of the molecule is CC(C)[C@H](NC(=O)CC(c1ccc2c(c1)OCO2)c1c(O)cc2c(c1O)C(=O)O[C@@H](C)CCCC(=O)CCC/C=C/2)C(=O)N1C[C@H]2C[C@@H](C1)c1cccc(=O)n1C2. The number of pyridine rings is 1. The van der Waals surface area contributed by atoms with Gasteiger partial charge in [0.1, 0.15) is 28.9 Å². The van der Waals surface area contributed by atoms with Crippen LogP contribution in [0.5, 0.6) is 23.0 Å². The number of carbonyl (C=O) groups excluding carboxylic acids is 4. The van der Waals surface area contributed by atoms with E-state index in [-0.39, 0.29) is 70.7 Å². The number of carbonyl (C=O) groups is 4. The summed E-state index contributed by atoms with van der Waals surface area (Å²) in [5.41, 5.74) is 1.38. The first-order valence-electron chi connectivity index (χ1n) is 20.0. The molecule has 3 N–H and O–H groups in total. The standard InChI is InChI=1S/C44H51N3O10/c1-25(2)41(43(53)46-21-27-17-30(23-46)33-13-8-14-38(51)47(33)22-27)45-37(50)20-32(28-15-16-35-36(19-28)56-24-55-35)40-34(49)18-29-10-5-4-6-11-31(48)12-7-9-26(3)57-44(54)39(29)42(40)52/h5,8,10,13-16,18-19,25-27,30,32,41,49,52H,4,6-7,9,11-12,17,20-24H2,1-3H3,(H,45,50)/b10-5+/t26-,27+,30-,32?,41-/m0/s1. The number of hydrogen-bond donors (Lipinski definition) is 3. The Morgan fingerprint density at radius 2 is 1.75 bits per heavy atom. The van der Waals surface area contributed by atoms with Crippen LogP contribution in [0.15, 0.2) is 53.3 Å². The lowest BCUT2D eigenvalue weighted by Gasteiger charge is -2.44. The first kappa shape index (κ1) is 39.6. The number of amides is 2. The molecule has 2 aromatic carbocycles. The number of allylic oxidation sites excluding steroid dienone is 1. The Kier molecular flexibility index (Phi) is 11.7. The van der Waals surface area contributed by atoms with E-state index in [1.807, 2.05) is 19.9 Å². The monoisotopic (exact) mass is 781 g/mol. The van der Waals surface area contributed by atoms with Gasteiger partial charge in [0, 0.05) is 68.1 Å². The second-order valence-electron chi connectivity index (χ2n) is 16.2. The predicted octanol–water partition coefficient (Wildman–Crippen LogP) is 5.78. The summed E-state index contributed by atoms with van der Waals surface area (Å²) in [6.45, 7) is 6.88. The third kappa shape index (κ3) is 8.57. The van der Waals surface area contributed by atoms with Crippen molar-refractivity contribution in [3.63, 3.8) is 0 Å². The van der Waals surface area contributed by atoms with E-state index in [1.165, 1.54) is 6.07 Å². The summed E-state index contributed by atoms with van der Waals surface area (Å²) in [4.78, 5) is 69.0. The number of ketones is 1. The molecule has 0 radical (unpaired) electrons. The molecule has 302 valence electrons. The van der Waals surface area contributed by atoms with E-state index < -0.39 is 35.7 Å². The fourth-order valence-electron chi connectivity index (χ4n) is 8.74. The van der Waals surface area contributed by atoms with Crippen LogP contribution in [-0.2, 0) is 25.7 Å². The number of nitrogens with one attached hydrogen (secondary N) is 1. The number of fused-ring (bicyclic) bond motifs is 6. The van der Waals surface area contributed by atoms with Gasteiger partial charge in [0.05, 0.1) is 6.10 Å². The Balaban J connectivity index is 1.20. The highest BCUT2D eigenvalue weighted by Crippen LogP contribution is 2.46. The molecule has 13 heteroatoms. The summed E-state index contributed by atoms with van der Waals surface area (Å²) >= 11 is 0. The smallest absolute Gasteiger partial charge is 0.342 e. The lowest BCUT2D eigenvalue weighted by atomic mass is 9.82. The molecule has 1 fully saturated rings. The minimum absolute atomic E-state index is 0.00250. The molecule has 5 heterocycles.